The molecule has 0 aliphatic heterocycles. The second-order valence-electron chi connectivity index (χ2n) is 2.25. The summed E-state index contributed by atoms with van der Waals surface area (Å²) >= 11 is 5.67. The van der Waals surface area contributed by atoms with Crippen molar-refractivity contribution in [3.05, 3.63) is 40.2 Å². The van der Waals surface area contributed by atoms with Gasteiger partial charge in [0.25, 0.3) is 0 Å². The maximum absolute atomic E-state index is 8.35. The maximum Gasteiger partial charge on any atom is 1.00 e. The van der Waals surface area contributed by atoms with E-state index in [4.69, 9.17) is 22.1 Å². The molecule has 0 bridgehead atoms. The van der Waals surface area contributed by atoms with Gasteiger partial charge in [0.2, 0.25) is 0 Å². The van der Waals surface area contributed by atoms with Crippen molar-refractivity contribution in [2.24, 2.45) is 4.99 Å². The van der Waals surface area contributed by atoms with Gasteiger partial charge in [-0.1, -0.05) is 23.7 Å². The number of hydrogen-bond acceptors (Lipinski definition) is 3. The SMILES string of the molecule is N#CN=C([N-]C#N)c1ccc(Cl)cc1.[K+]. The fraction of sp³-hybridized carbons (Fsp3) is 0. The second-order valence-corrected chi connectivity index (χ2v) is 2.69. The molecule has 0 saturated heterocycles. The molecule has 1 aromatic carbocycles. The van der Waals surface area contributed by atoms with Crippen molar-refractivity contribution < 1.29 is 51.4 Å². The monoisotopic (exact) mass is 242 g/mol. The first-order chi connectivity index (χ1) is 6.77. The number of nitriles is 2. The number of aliphatic imine (C=N–C) groups is 1. The zero-order chi connectivity index (χ0) is 10.4. The van der Waals surface area contributed by atoms with E-state index in [0.717, 1.165) is 0 Å². The molecule has 0 N–H and O–H groups in total. The zero-order valence-electron chi connectivity index (χ0n) is 7.98. The van der Waals surface area contributed by atoms with Gasteiger partial charge in [-0.15, -0.1) is 0 Å². The molecule has 68 valence electrons. The van der Waals surface area contributed by atoms with Gasteiger partial charge in [-0.25, -0.2) is 0 Å². The van der Waals surface area contributed by atoms with Crippen LogP contribution in [0.2, 0.25) is 5.02 Å². The van der Waals surface area contributed by atoms with E-state index in [2.05, 4.69) is 10.3 Å². The Balaban J connectivity index is 0.00000196. The van der Waals surface area contributed by atoms with Gasteiger partial charge in [0.05, 0.1) is 0 Å². The molecule has 0 aromatic heterocycles. The molecular formula is C9H4ClKN4. The molecule has 0 unspecified atom stereocenters. The Morgan fingerprint density at radius 3 is 2.33 bits per heavy atom. The summed E-state index contributed by atoms with van der Waals surface area (Å²) in [6.07, 6.45) is 3.15. The Morgan fingerprint density at radius 2 is 1.87 bits per heavy atom. The summed E-state index contributed by atoms with van der Waals surface area (Å²) in [6, 6.07) is 6.55. The van der Waals surface area contributed by atoms with Crippen molar-refractivity contribution in [3.63, 3.8) is 0 Å². The van der Waals surface area contributed by atoms with Gasteiger partial charge in [-0.2, -0.15) is 5.26 Å². The van der Waals surface area contributed by atoms with E-state index >= 15 is 0 Å². The van der Waals surface area contributed by atoms with E-state index < -0.39 is 0 Å². The van der Waals surface area contributed by atoms with Crippen LogP contribution in [0.4, 0.5) is 0 Å². The average molecular weight is 243 g/mol. The van der Waals surface area contributed by atoms with Crippen LogP contribution in [0.25, 0.3) is 5.32 Å². The largest absolute Gasteiger partial charge is 1.00 e. The van der Waals surface area contributed by atoms with Crippen molar-refractivity contribution >= 4 is 17.4 Å². The summed E-state index contributed by atoms with van der Waals surface area (Å²) in [5, 5.41) is 20.7. The van der Waals surface area contributed by atoms with Crippen LogP contribution in [0.1, 0.15) is 5.56 Å². The molecule has 0 fully saturated rings. The average Bonchev–Trinajstić information content (AvgIpc) is 2.19. The normalized spacial score (nSPS) is 9.40. The first-order valence-electron chi connectivity index (χ1n) is 3.60. The number of amidine groups is 1. The van der Waals surface area contributed by atoms with E-state index in [-0.39, 0.29) is 57.2 Å². The van der Waals surface area contributed by atoms with Crippen molar-refractivity contribution in [1.82, 2.24) is 0 Å². The quantitative estimate of drug-likeness (QED) is 0.286. The molecule has 4 nitrogen and oxygen atoms in total. The summed E-state index contributed by atoms with van der Waals surface area (Å²) < 4.78 is 0. The predicted octanol–water partition coefficient (Wildman–Crippen LogP) is -0.574. The van der Waals surface area contributed by atoms with E-state index in [1.165, 1.54) is 0 Å². The molecular weight excluding hydrogens is 239 g/mol. The number of rotatable bonds is 1. The minimum atomic E-state index is 0. The van der Waals surface area contributed by atoms with Crippen molar-refractivity contribution in [3.8, 4) is 12.4 Å². The molecule has 0 saturated carbocycles. The molecule has 0 heterocycles. The van der Waals surface area contributed by atoms with Gasteiger partial charge < -0.3 is 10.6 Å². The molecule has 0 atom stereocenters. The van der Waals surface area contributed by atoms with E-state index in [1.54, 1.807) is 36.7 Å². The van der Waals surface area contributed by atoms with Crippen molar-refractivity contribution in [1.29, 1.82) is 10.5 Å². The molecule has 0 aliphatic carbocycles. The molecule has 6 heteroatoms. The van der Waals surface area contributed by atoms with Gasteiger partial charge in [0, 0.05) is 17.1 Å². The van der Waals surface area contributed by atoms with Crippen molar-refractivity contribution in [2.45, 2.75) is 0 Å². The maximum atomic E-state index is 8.35. The topological polar surface area (TPSA) is 74.0 Å². The standard InChI is InChI=1S/C9H4ClN4.K/c10-8-3-1-7(2-4-8)9(13-5-11)14-6-12;/h1-4H;/q-1;+1. The summed E-state index contributed by atoms with van der Waals surface area (Å²) in [4.78, 5) is 3.40. The summed E-state index contributed by atoms with van der Waals surface area (Å²) in [7, 11) is 0. The van der Waals surface area contributed by atoms with Crippen molar-refractivity contribution in [2.75, 3.05) is 0 Å². The molecule has 0 spiro atoms. The molecule has 0 amide bonds. The molecule has 0 aliphatic rings. The number of hydrogen-bond donors (Lipinski definition) is 0. The van der Waals surface area contributed by atoms with Crippen LogP contribution in [0.3, 0.4) is 0 Å². The Morgan fingerprint density at radius 1 is 1.27 bits per heavy atom. The van der Waals surface area contributed by atoms with Gasteiger partial charge >= 0.3 is 51.4 Å². The fourth-order valence-electron chi connectivity index (χ4n) is 0.848. The van der Waals surface area contributed by atoms with Crippen LogP contribution in [0, 0.1) is 22.9 Å². The predicted molar refractivity (Wildman–Crippen MR) is 52.6 cm³/mol. The minimum absolute atomic E-state index is 0. The van der Waals surface area contributed by atoms with Crippen LogP contribution in [0.5, 0.6) is 0 Å². The van der Waals surface area contributed by atoms with Gasteiger partial charge in [-0.05, 0) is 17.7 Å². The molecule has 1 aromatic rings. The van der Waals surface area contributed by atoms with Gasteiger partial charge in [0.15, 0.2) is 0 Å². The third-order valence-corrected chi connectivity index (χ3v) is 1.67. The molecule has 0 radical (unpaired) electrons. The minimum Gasteiger partial charge on any atom is -0.386 e. The van der Waals surface area contributed by atoms with Crippen LogP contribution >= 0.6 is 11.6 Å². The van der Waals surface area contributed by atoms with Crippen LogP contribution in [-0.4, -0.2) is 5.84 Å². The van der Waals surface area contributed by atoms with E-state index in [9.17, 15) is 0 Å². The Labute approximate surface area is 135 Å². The van der Waals surface area contributed by atoms with Gasteiger partial charge in [-0.3, -0.25) is 4.99 Å². The molecule has 15 heavy (non-hydrogen) atoms. The third kappa shape index (κ3) is 4.76. The Bertz CT molecular complexity index is 427. The number of benzene rings is 1. The molecule has 1 rings (SSSR count). The first kappa shape index (κ1) is 14.6. The van der Waals surface area contributed by atoms with Crippen LogP contribution in [0.15, 0.2) is 29.3 Å². The van der Waals surface area contributed by atoms with Gasteiger partial charge in [0.1, 0.15) is 6.19 Å². The zero-order valence-corrected chi connectivity index (χ0v) is 11.9. The Kier molecular flexibility index (Phi) is 7.62. The summed E-state index contributed by atoms with van der Waals surface area (Å²) in [5.41, 5.74) is 0.581. The second kappa shape index (κ2) is 7.83. The Hall–Kier alpha value is -0.404. The van der Waals surface area contributed by atoms with Crippen LogP contribution < -0.4 is 51.4 Å². The summed E-state index contributed by atoms with van der Waals surface area (Å²) in [6.45, 7) is 0. The first-order valence-corrected chi connectivity index (χ1v) is 3.98. The number of nitrogens with zero attached hydrogens (tertiary/aromatic N) is 4. The van der Waals surface area contributed by atoms with Crippen LogP contribution in [-0.2, 0) is 0 Å². The summed E-state index contributed by atoms with van der Waals surface area (Å²) in [5.74, 6) is 0.0895. The van der Waals surface area contributed by atoms with E-state index in [0.29, 0.717) is 10.6 Å². The third-order valence-electron chi connectivity index (χ3n) is 1.41. The van der Waals surface area contributed by atoms with E-state index in [1.807, 2.05) is 0 Å². The number of halogens is 1. The fourth-order valence-corrected chi connectivity index (χ4v) is 0.974. The smallest absolute Gasteiger partial charge is 0.386 e.